The summed E-state index contributed by atoms with van der Waals surface area (Å²) in [4.78, 5) is 16.3. The Morgan fingerprint density at radius 1 is 0.875 bits per heavy atom. The first-order valence-electron chi connectivity index (χ1n) is 10.5. The molecule has 2 aromatic carbocycles. The minimum absolute atomic E-state index is 0.0608. The van der Waals surface area contributed by atoms with Gasteiger partial charge in [-0.3, -0.25) is 4.79 Å². The molecular formula is C24H23N3O3S2. The smallest absolute Gasteiger partial charge is 0.270 e. The zero-order valence-corrected chi connectivity index (χ0v) is 19.1. The summed E-state index contributed by atoms with van der Waals surface area (Å²) < 4.78 is 29.8. The van der Waals surface area contributed by atoms with Crippen LogP contribution in [0, 0.1) is 0 Å². The highest BCUT2D eigenvalue weighted by atomic mass is 32.2. The lowest BCUT2D eigenvalue weighted by Gasteiger charge is -2.34. The molecular weight excluding hydrogens is 442 g/mol. The van der Waals surface area contributed by atoms with E-state index >= 15 is 0 Å². The molecule has 0 saturated carbocycles. The summed E-state index contributed by atoms with van der Waals surface area (Å²) in [5, 5.41) is 3.93. The molecule has 0 N–H and O–H groups in total. The van der Waals surface area contributed by atoms with Crippen molar-refractivity contribution in [1.82, 2.24) is 13.8 Å². The van der Waals surface area contributed by atoms with Crippen LogP contribution < -0.4 is 0 Å². The van der Waals surface area contributed by atoms with Gasteiger partial charge in [-0.25, -0.2) is 8.42 Å². The van der Waals surface area contributed by atoms with Gasteiger partial charge in [-0.2, -0.15) is 4.31 Å². The van der Waals surface area contributed by atoms with E-state index in [1.54, 1.807) is 28.4 Å². The molecule has 8 heteroatoms. The molecule has 1 amide bonds. The van der Waals surface area contributed by atoms with Gasteiger partial charge in [0, 0.05) is 37.3 Å². The van der Waals surface area contributed by atoms with Crippen LogP contribution in [0.2, 0.25) is 0 Å². The summed E-state index contributed by atoms with van der Waals surface area (Å²) in [6.45, 7) is 1.97. The van der Waals surface area contributed by atoms with E-state index in [0.717, 1.165) is 10.8 Å². The number of aromatic nitrogens is 1. The Morgan fingerprint density at radius 2 is 1.66 bits per heavy atom. The van der Waals surface area contributed by atoms with Crippen LogP contribution in [-0.4, -0.2) is 54.3 Å². The van der Waals surface area contributed by atoms with Crippen LogP contribution in [0.15, 0.2) is 83.2 Å². The summed E-state index contributed by atoms with van der Waals surface area (Å²) in [5.41, 5.74) is 0.629. The number of nitrogens with zero attached hydrogens (tertiary/aromatic N) is 3. The van der Waals surface area contributed by atoms with Crippen LogP contribution in [-0.2, 0) is 16.6 Å². The Morgan fingerprint density at radius 3 is 2.41 bits per heavy atom. The molecule has 0 unspecified atom stereocenters. The van der Waals surface area contributed by atoms with Gasteiger partial charge >= 0.3 is 0 Å². The number of fused-ring (bicyclic) bond motifs is 1. The lowest BCUT2D eigenvalue weighted by Crippen LogP contribution is -2.50. The highest BCUT2D eigenvalue weighted by Gasteiger charge is 2.31. The Balaban J connectivity index is 1.28. The Bertz CT molecular complexity index is 1350. The van der Waals surface area contributed by atoms with E-state index < -0.39 is 10.0 Å². The maximum absolute atomic E-state index is 13.2. The molecule has 0 atom stereocenters. The van der Waals surface area contributed by atoms with Crippen LogP contribution in [0.1, 0.15) is 15.4 Å². The number of carbonyl (C=O) groups is 1. The molecule has 1 aliphatic rings. The normalized spacial score (nSPS) is 15.3. The lowest BCUT2D eigenvalue weighted by atomic mass is 10.1. The van der Waals surface area contributed by atoms with E-state index in [1.165, 1.54) is 9.18 Å². The number of thiophene rings is 1. The number of hydrogen-bond donors (Lipinski definition) is 0. The monoisotopic (exact) mass is 465 g/mol. The number of carbonyl (C=O) groups excluding carboxylic acids is 1. The second kappa shape index (κ2) is 8.54. The molecule has 1 aliphatic heterocycles. The van der Waals surface area contributed by atoms with Gasteiger partial charge in [0.1, 0.15) is 5.69 Å². The third-order valence-electron chi connectivity index (χ3n) is 5.84. The van der Waals surface area contributed by atoms with Crippen molar-refractivity contribution in [3.8, 4) is 0 Å². The standard InChI is InChI=1S/C24H23N3O3S2/c28-24(23-8-3-11-26(23)18-21-7-4-16-31-21)25-12-14-27(15-13-25)32(29,30)22-10-9-19-5-1-2-6-20(19)17-22/h1-11,16-17H,12-15,18H2. The molecule has 3 heterocycles. The highest BCUT2D eigenvalue weighted by molar-refractivity contribution is 7.89. The summed E-state index contributed by atoms with van der Waals surface area (Å²) in [7, 11) is -3.61. The molecule has 1 fully saturated rings. The summed E-state index contributed by atoms with van der Waals surface area (Å²) >= 11 is 1.66. The quantitative estimate of drug-likeness (QED) is 0.449. The molecule has 0 bridgehead atoms. The maximum atomic E-state index is 13.2. The van der Waals surface area contributed by atoms with Crippen LogP contribution in [0.4, 0.5) is 0 Å². The predicted octanol–water partition coefficient (Wildman–Crippen LogP) is 3.90. The van der Waals surface area contributed by atoms with Crippen LogP contribution in [0.3, 0.4) is 0 Å². The first kappa shape index (κ1) is 20.9. The average Bonchev–Trinajstić information content (AvgIpc) is 3.51. The molecule has 0 spiro atoms. The SMILES string of the molecule is O=C(c1cccn1Cc1cccs1)N1CCN(S(=O)(=O)c2ccc3ccccc3c2)CC1. The van der Waals surface area contributed by atoms with Crippen LogP contribution >= 0.6 is 11.3 Å². The number of benzene rings is 2. The third-order valence-corrected chi connectivity index (χ3v) is 8.60. The van der Waals surface area contributed by atoms with E-state index in [9.17, 15) is 13.2 Å². The van der Waals surface area contributed by atoms with Crippen LogP contribution in [0.5, 0.6) is 0 Å². The first-order chi connectivity index (χ1) is 15.5. The van der Waals surface area contributed by atoms with E-state index in [-0.39, 0.29) is 19.0 Å². The third kappa shape index (κ3) is 3.97. The molecule has 32 heavy (non-hydrogen) atoms. The van der Waals surface area contributed by atoms with Crippen molar-refractivity contribution in [3.63, 3.8) is 0 Å². The maximum Gasteiger partial charge on any atom is 0.270 e. The largest absolute Gasteiger partial charge is 0.338 e. The van der Waals surface area contributed by atoms with E-state index in [2.05, 4.69) is 6.07 Å². The molecule has 2 aromatic heterocycles. The van der Waals surface area contributed by atoms with E-state index in [1.807, 2.05) is 64.7 Å². The van der Waals surface area contributed by atoms with Gasteiger partial charge in [-0.15, -0.1) is 11.3 Å². The van der Waals surface area contributed by atoms with E-state index in [4.69, 9.17) is 0 Å². The molecule has 5 rings (SSSR count). The van der Waals surface area contributed by atoms with Gasteiger partial charge in [0.2, 0.25) is 10.0 Å². The van der Waals surface area contributed by atoms with Crippen LogP contribution in [0.25, 0.3) is 10.8 Å². The fourth-order valence-electron chi connectivity index (χ4n) is 4.09. The summed E-state index contributed by atoms with van der Waals surface area (Å²) in [5.74, 6) is -0.0608. The van der Waals surface area contributed by atoms with E-state index in [0.29, 0.717) is 30.2 Å². The minimum atomic E-state index is -3.61. The van der Waals surface area contributed by atoms with Crippen molar-refractivity contribution in [3.05, 3.63) is 88.9 Å². The second-order valence-corrected chi connectivity index (χ2v) is 10.8. The minimum Gasteiger partial charge on any atom is -0.338 e. The van der Waals surface area contributed by atoms with Gasteiger partial charge in [0.05, 0.1) is 11.4 Å². The molecule has 0 aliphatic carbocycles. The fraction of sp³-hybridized carbons (Fsp3) is 0.208. The highest BCUT2D eigenvalue weighted by Crippen LogP contribution is 2.23. The first-order valence-corrected chi connectivity index (χ1v) is 12.8. The van der Waals surface area contributed by atoms with Crippen molar-refractivity contribution >= 4 is 38.0 Å². The average molecular weight is 466 g/mol. The van der Waals surface area contributed by atoms with Gasteiger partial charge in [-0.1, -0.05) is 36.4 Å². The topological polar surface area (TPSA) is 62.6 Å². The van der Waals surface area contributed by atoms with Crippen molar-refractivity contribution in [1.29, 1.82) is 0 Å². The number of piperazine rings is 1. The Labute approximate surface area is 191 Å². The Hall–Kier alpha value is -2.94. The second-order valence-electron chi connectivity index (χ2n) is 7.81. The molecule has 4 aromatic rings. The molecule has 6 nitrogen and oxygen atoms in total. The molecule has 164 valence electrons. The van der Waals surface area contributed by atoms with Crippen molar-refractivity contribution < 1.29 is 13.2 Å². The Kier molecular flexibility index (Phi) is 5.58. The lowest BCUT2D eigenvalue weighted by molar-refractivity contribution is 0.0687. The fourth-order valence-corrected chi connectivity index (χ4v) is 6.25. The van der Waals surface area contributed by atoms with Gasteiger partial charge in [0.15, 0.2) is 0 Å². The predicted molar refractivity (Wildman–Crippen MR) is 126 cm³/mol. The number of hydrogen-bond acceptors (Lipinski definition) is 4. The van der Waals surface area contributed by atoms with Gasteiger partial charge in [-0.05, 0) is 46.5 Å². The number of rotatable bonds is 5. The van der Waals surface area contributed by atoms with Crippen molar-refractivity contribution in [2.45, 2.75) is 11.4 Å². The van der Waals surface area contributed by atoms with Gasteiger partial charge in [0.25, 0.3) is 5.91 Å². The molecule has 0 radical (unpaired) electrons. The zero-order valence-electron chi connectivity index (χ0n) is 17.4. The number of sulfonamides is 1. The summed E-state index contributed by atoms with van der Waals surface area (Å²) in [6.07, 6.45) is 1.91. The molecule has 1 saturated heterocycles. The van der Waals surface area contributed by atoms with Crippen molar-refractivity contribution in [2.75, 3.05) is 26.2 Å². The van der Waals surface area contributed by atoms with Crippen molar-refractivity contribution in [2.24, 2.45) is 0 Å². The van der Waals surface area contributed by atoms with Gasteiger partial charge < -0.3 is 9.47 Å². The summed E-state index contributed by atoms with van der Waals surface area (Å²) in [6, 6.07) is 20.7. The zero-order chi connectivity index (χ0) is 22.1. The number of amides is 1.